The minimum Gasteiger partial charge on any atom is -0.393 e. The number of rotatable bonds is 4. The Morgan fingerprint density at radius 2 is 1.79 bits per heavy atom. The average Bonchev–Trinajstić information content (AvgIpc) is 2.26. The van der Waals surface area contributed by atoms with Crippen LogP contribution in [0.2, 0.25) is 0 Å². The second-order valence-corrected chi connectivity index (χ2v) is 10.2. The van der Waals surface area contributed by atoms with Gasteiger partial charge in [0.25, 0.3) is 0 Å². The fourth-order valence-corrected chi connectivity index (χ4v) is 4.04. The number of sulfone groups is 1. The summed E-state index contributed by atoms with van der Waals surface area (Å²) in [7, 11) is -3.07. The molecule has 0 radical (unpaired) electrons. The molecule has 0 aromatic heterocycles. The first-order chi connectivity index (χ1) is 8.54. The van der Waals surface area contributed by atoms with E-state index in [1.807, 2.05) is 0 Å². The van der Waals surface area contributed by atoms with Crippen molar-refractivity contribution in [3.63, 3.8) is 0 Å². The lowest BCUT2D eigenvalue weighted by Gasteiger charge is -2.35. The fraction of sp³-hybridized carbons (Fsp3) is 1.00. The zero-order valence-corrected chi connectivity index (χ0v) is 13.8. The minimum absolute atomic E-state index is 0.151. The molecule has 0 aromatic carbocycles. The van der Waals surface area contributed by atoms with Crippen molar-refractivity contribution in [3.8, 4) is 0 Å². The van der Waals surface area contributed by atoms with Crippen LogP contribution in [0, 0.1) is 17.8 Å². The van der Waals surface area contributed by atoms with Crippen molar-refractivity contribution < 1.29 is 13.5 Å². The molecule has 3 nitrogen and oxygen atoms in total. The number of aliphatic hydroxyl groups excluding tert-OH is 1. The van der Waals surface area contributed by atoms with E-state index in [1.165, 1.54) is 0 Å². The lowest BCUT2D eigenvalue weighted by atomic mass is 9.74. The van der Waals surface area contributed by atoms with Gasteiger partial charge in [-0.2, -0.15) is 0 Å². The summed E-state index contributed by atoms with van der Waals surface area (Å²) in [6.45, 7) is 9.67. The van der Waals surface area contributed by atoms with Gasteiger partial charge < -0.3 is 5.11 Å². The molecule has 114 valence electrons. The first-order valence-electron chi connectivity index (χ1n) is 7.45. The van der Waals surface area contributed by atoms with Crippen molar-refractivity contribution in [3.05, 3.63) is 0 Å². The number of aliphatic hydroxyl groups is 1. The molecule has 0 heterocycles. The van der Waals surface area contributed by atoms with Gasteiger partial charge in [0.2, 0.25) is 0 Å². The Kier molecular flexibility index (Phi) is 5.47. The molecule has 1 aliphatic carbocycles. The maximum atomic E-state index is 12.1. The van der Waals surface area contributed by atoms with Gasteiger partial charge in [0, 0.05) is 0 Å². The standard InChI is InChI=1S/C15H30O3S/c1-11(2)12-6-7-14(16)13(10-12)8-9-19(17,18)15(3,4)5/h11-14,16H,6-10H2,1-5H3. The summed E-state index contributed by atoms with van der Waals surface area (Å²) in [4.78, 5) is 0. The first-order valence-corrected chi connectivity index (χ1v) is 9.10. The van der Waals surface area contributed by atoms with Gasteiger partial charge in [-0.1, -0.05) is 13.8 Å². The third kappa shape index (κ3) is 4.45. The van der Waals surface area contributed by atoms with Gasteiger partial charge in [-0.05, 0) is 64.2 Å². The van der Waals surface area contributed by atoms with E-state index in [-0.39, 0.29) is 17.8 Å². The molecule has 0 saturated heterocycles. The fourth-order valence-electron chi connectivity index (χ4n) is 2.81. The molecular weight excluding hydrogens is 260 g/mol. The van der Waals surface area contributed by atoms with Crippen LogP contribution in [0.4, 0.5) is 0 Å². The smallest absolute Gasteiger partial charge is 0.155 e. The van der Waals surface area contributed by atoms with Gasteiger partial charge in [0.15, 0.2) is 9.84 Å². The molecule has 0 bridgehead atoms. The maximum absolute atomic E-state index is 12.1. The van der Waals surface area contributed by atoms with E-state index >= 15 is 0 Å². The lowest BCUT2D eigenvalue weighted by Crippen LogP contribution is -2.35. The molecule has 3 unspecified atom stereocenters. The zero-order chi connectivity index (χ0) is 14.8. The highest BCUT2D eigenvalue weighted by Crippen LogP contribution is 2.36. The monoisotopic (exact) mass is 290 g/mol. The van der Waals surface area contributed by atoms with Crippen LogP contribution < -0.4 is 0 Å². The Bertz CT molecular complexity index is 379. The van der Waals surface area contributed by atoms with Gasteiger partial charge in [-0.15, -0.1) is 0 Å². The topological polar surface area (TPSA) is 54.4 Å². The van der Waals surface area contributed by atoms with Crippen molar-refractivity contribution in [1.82, 2.24) is 0 Å². The molecule has 0 amide bonds. The Balaban J connectivity index is 2.61. The summed E-state index contributed by atoms with van der Waals surface area (Å²) >= 11 is 0. The minimum atomic E-state index is -3.07. The Hall–Kier alpha value is -0.0900. The summed E-state index contributed by atoms with van der Waals surface area (Å²) in [5.41, 5.74) is 0. The summed E-state index contributed by atoms with van der Waals surface area (Å²) < 4.78 is 23.6. The van der Waals surface area contributed by atoms with Crippen molar-refractivity contribution in [2.45, 2.75) is 71.2 Å². The van der Waals surface area contributed by atoms with Gasteiger partial charge in [-0.3, -0.25) is 0 Å². The molecule has 1 saturated carbocycles. The summed E-state index contributed by atoms with van der Waals surface area (Å²) in [6.07, 6.45) is 3.15. The van der Waals surface area contributed by atoms with E-state index in [0.29, 0.717) is 18.3 Å². The number of hydrogen-bond donors (Lipinski definition) is 1. The van der Waals surface area contributed by atoms with Crippen molar-refractivity contribution >= 4 is 9.84 Å². The van der Waals surface area contributed by atoms with Crippen LogP contribution >= 0.6 is 0 Å². The van der Waals surface area contributed by atoms with Crippen LogP contribution in [0.15, 0.2) is 0 Å². The SMILES string of the molecule is CC(C)C1CCC(O)C(CCS(=O)(=O)C(C)(C)C)C1. The third-order valence-corrected chi connectivity index (χ3v) is 7.26. The largest absolute Gasteiger partial charge is 0.393 e. The quantitative estimate of drug-likeness (QED) is 0.866. The van der Waals surface area contributed by atoms with Crippen LogP contribution in [0.3, 0.4) is 0 Å². The molecule has 0 spiro atoms. The number of hydrogen-bond acceptors (Lipinski definition) is 3. The summed E-state index contributed by atoms with van der Waals surface area (Å²) in [6, 6.07) is 0. The van der Waals surface area contributed by atoms with E-state index in [2.05, 4.69) is 13.8 Å². The molecule has 3 atom stereocenters. The zero-order valence-electron chi connectivity index (χ0n) is 13.0. The van der Waals surface area contributed by atoms with Gasteiger partial charge in [0.1, 0.15) is 0 Å². The van der Waals surface area contributed by atoms with Crippen molar-refractivity contribution in [1.29, 1.82) is 0 Å². The molecule has 0 aromatic rings. The predicted octanol–water partition coefficient (Wildman–Crippen LogP) is 3.02. The maximum Gasteiger partial charge on any atom is 0.155 e. The highest BCUT2D eigenvalue weighted by atomic mass is 32.2. The van der Waals surface area contributed by atoms with E-state index in [4.69, 9.17) is 0 Å². The highest BCUT2D eigenvalue weighted by molar-refractivity contribution is 7.92. The van der Waals surface area contributed by atoms with E-state index < -0.39 is 14.6 Å². The lowest BCUT2D eigenvalue weighted by molar-refractivity contribution is 0.0363. The highest BCUT2D eigenvalue weighted by Gasteiger charge is 2.34. The van der Waals surface area contributed by atoms with Gasteiger partial charge in [0.05, 0.1) is 16.6 Å². The van der Waals surface area contributed by atoms with Crippen LogP contribution in [-0.2, 0) is 9.84 Å². The van der Waals surface area contributed by atoms with Crippen molar-refractivity contribution in [2.75, 3.05) is 5.75 Å². The van der Waals surface area contributed by atoms with Gasteiger partial charge >= 0.3 is 0 Å². The average molecular weight is 290 g/mol. The molecule has 1 aliphatic rings. The Morgan fingerprint density at radius 1 is 1.21 bits per heavy atom. The molecule has 19 heavy (non-hydrogen) atoms. The Morgan fingerprint density at radius 3 is 2.26 bits per heavy atom. The molecule has 1 N–H and O–H groups in total. The molecule has 4 heteroatoms. The third-order valence-electron chi connectivity index (χ3n) is 4.62. The van der Waals surface area contributed by atoms with Crippen LogP contribution in [0.5, 0.6) is 0 Å². The molecule has 1 rings (SSSR count). The normalized spacial score (nSPS) is 29.7. The van der Waals surface area contributed by atoms with Crippen LogP contribution in [0.25, 0.3) is 0 Å². The Labute approximate surface area is 118 Å². The van der Waals surface area contributed by atoms with E-state index in [9.17, 15) is 13.5 Å². The van der Waals surface area contributed by atoms with Crippen molar-refractivity contribution in [2.24, 2.45) is 17.8 Å². The molecule has 1 fully saturated rings. The van der Waals surface area contributed by atoms with Gasteiger partial charge in [-0.25, -0.2) is 8.42 Å². The summed E-state index contributed by atoms with van der Waals surface area (Å²) in [5, 5.41) is 10.1. The van der Waals surface area contributed by atoms with E-state index in [0.717, 1.165) is 19.3 Å². The van der Waals surface area contributed by atoms with Crippen LogP contribution in [-0.4, -0.2) is 30.1 Å². The van der Waals surface area contributed by atoms with E-state index in [1.54, 1.807) is 20.8 Å². The molecule has 0 aliphatic heterocycles. The second kappa shape index (κ2) is 6.13. The van der Waals surface area contributed by atoms with Crippen LogP contribution in [0.1, 0.15) is 60.3 Å². The summed E-state index contributed by atoms with van der Waals surface area (Å²) in [5.74, 6) is 1.60. The first kappa shape index (κ1) is 17.0. The predicted molar refractivity (Wildman–Crippen MR) is 79.8 cm³/mol. The second-order valence-electron chi connectivity index (χ2n) is 7.36. The molecular formula is C15H30O3S.